The van der Waals surface area contributed by atoms with Gasteiger partial charge >= 0.3 is 0 Å². The van der Waals surface area contributed by atoms with Crippen molar-refractivity contribution in [1.82, 2.24) is 0 Å². The van der Waals surface area contributed by atoms with Gasteiger partial charge in [-0.3, -0.25) is 0 Å². The summed E-state index contributed by atoms with van der Waals surface area (Å²) in [7, 11) is 1.61. The van der Waals surface area contributed by atoms with Crippen LogP contribution in [-0.4, -0.2) is 7.11 Å². The van der Waals surface area contributed by atoms with Gasteiger partial charge in [-0.15, -0.1) is 0 Å². The molecule has 0 saturated carbocycles. The van der Waals surface area contributed by atoms with Crippen molar-refractivity contribution in [2.75, 3.05) is 7.11 Å². The fourth-order valence-corrected chi connectivity index (χ4v) is 1.16. The number of nitrogens with zero attached hydrogens (tertiary/aromatic N) is 1. The largest absolute Gasteiger partial charge is 0.380 e. The first-order valence-electron chi connectivity index (χ1n) is 4.02. The average molecular weight is 176 g/mol. The van der Waals surface area contributed by atoms with Crippen LogP contribution in [0.4, 0.5) is 0 Å². The van der Waals surface area contributed by atoms with E-state index < -0.39 is 0 Å². The van der Waals surface area contributed by atoms with Crippen LogP contribution in [0, 0.1) is 11.3 Å². The van der Waals surface area contributed by atoms with Crippen LogP contribution in [0.3, 0.4) is 0 Å². The summed E-state index contributed by atoms with van der Waals surface area (Å²) in [5.74, 6) is 0. The predicted octanol–water partition coefficient (Wildman–Crippen LogP) is 1.16. The minimum atomic E-state index is 0.455. The molecule has 2 N–H and O–H groups in total. The fraction of sp³-hybridized carbons (Fsp3) is 0.300. The van der Waals surface area contributed by atoms with Crippen LogP contribution in [0.25, 0.3) is 0 Å². The van der Waals surface area contributed by atoms with Crippen LogP contribution in [0.15, 0.2) is 18.2 Å². The highest BCUT2D eigenvalue weighted by Gasteiger charge is 2.01. The van der Waals surface area contributed by atoms with Gasteiger partial charge in [-0.1, -0.05) is 12.1 Å². The van der Waals surface area contributed by atoms with Gasteiger partial charge in [-0.25, -0.2) is 0 Å². The molecular formula is C10H12N2O. The Morgan fingerprint density at radius 3 is 2.85 bits per heavy atom. The zero-order valence-electron chi connectivity index (χ0n) is 7.58. The monoisotopic (exact) mass is 176 g/mol. The Kier molecular flexibility index (Phi) is 3.44. The van der Waals surface area contributed by atoms with E-state index in [2.05, 4.69) is 6.07 Å². The third-order valence-corrected chi connectivity index (χ3v) is 1.83. The molecule has 0 radical (unpaired) electrons. The molecule has 13 heavy (non-hydrogen) atoms. The van der Waals surface area contributed by atoms with Crippen LogP contribution < -0.4 is 5.73 Å². The number of nitrogens with two attached hydrogens (primary N) is 1. The summed E-state index contributed by atoms with van der Waals surface area (Å²) < 4.78 is 4.98. The summed E-state index contributed by atoms with van der Waals surface area (Å²) >= 11 is 0. The minimum absolute atomic E-state index is 0.455. The zero-order valence-corrected chi connectivity index (χ0v) is 7.58. The maximum atomic E-state index is 8.77. The van der Waals surface area contributed by atoms with Crippen molar-refractivity contribution in [3.05, 3.63) is 34.9 Å². The highest BCUT2D eigenvalue weighted by molar-refractivity contribution is 5.39. The molecule has 68 valence electrons. The molecule has 0 atom stereocenters. The molecule has 0 heterocycles. The number of rotatable bonds is 3. The maximum absolute atomic E-state index is 8.77. The van der Waals surface area contributed by atoms with E-state index in [1.165, 1.54) is 0 Å². The molecule has 0 bridgehead atoms. The second-order valence-electron chi connectivity index (χ2n) is 2.74. The van der Waals surface area contributed by atoms with Crippen molar-refractivity contribution in [3.8, 4) is 6.07 Å². The van der Waals surface area contributed by atoms with Crippen molar-refractivity contribution in [3.63, 3.8) is 0 Å². The lowest BCUT2D eigenvalue weighted by Crippen LogP contribution is -1.99. The van der Waals surface area contributed by atoms with Crippen molar-refractivity contribution >= 4 is 0 Å². The van der Waals surface area contributed by atoms with Crippen molar-refractivity contribution in [2.45, 2.75) is 13.2 Å². The lowest BCUT2D eigenvalue weighted by Gasteiger charge is -2.04. The summed E-state index contributed by atoms with van der Waals surface area (Å²) in [5, 5.41) is 8.77. The molecule has 3 heteroatoms. The first-order chi connectivity index (χ1) is 6.31. The normalized spacial score (nSPS) is 9.62. The highest BCUT2D eigenvalue weighted by atomic mass is 16.5. The van der Waals surface area contributed by atoms with Gasteiger partial charge in [0.05, 0.1) is 18.2 Å². The number of benzene rings is 1. The van der Waals surface area contributed by atoms with Crippen LogP contribution in [0.1, 0.15) is 16.7 Å². The Hall–Kier alpha value is -1.37. The van der Waals surface area contributed by atoms with E-state index in [-0.39, 0.29) is 0 Å². The SMILES string of the molecule is COCc1cc(CN)ccc1C#N. The van der Waals surface area contributed by atoms with Gasteiger partial charge < -0.3 is 10.5 Å². The second kappa shape index (κ2) is 4.61. The molecule has 3 nitrogen and oxygen atoms in total. The Labute approximate surface area is 77.7 Å². The van der Waals surface area contributed by atoms with Gasteiger partial charge in [-0.2, -0.15) is 5.26 Å². The third-order valence-electron chi connectivity index (χ3n) is 1.83. The van der Waals surface area contributed by atoms with Crippen LogP contribution in [-0.2, 0) is 17.9 Å². The van der Waals surface area contributed by atoms with E-state index in [0.717, 1.165) is 11.1 Å². The van der Waals surface area contributed by atoms with Crippen LogP contribution in [0.2, 0.25) is 0 Å². The molecule has 1 rings (SSSR count). The summed E-state index contributed by atoms with van der Waals surface area (Å²) in [6.45, 7) is 0.944. The van der Waals surface area contributed by atoms with Gasteiger partial charge in [0, 0.05) is 13.7 Å². The van der Waals surface area contributed by atoms with Gasteiger partial charge in [0.15, 0.2) is 0 Å². The number of methoxy groups -OCH3 is 1. The van der Waals surface area contributed by atoms with Crippen LogP contribution in [0.5, 0.6) is 0 Å². The van der Waals surface area contributed by atoms with Gasteiger partial charge in [0.25, 0.3) is 0 Å². The van der Waals surface area contributed by atoms with E-state index in [0.29, 0.717) is 18.7 Å². The molecule has 0 aromatic heterocycles. The molecule has 0 saturated heterocycles. The number of hydrogen-bond acceptors (Lipinski definition) is 3. The second-order valence-corrected chi connectivity index (χ2v) is 2.74. The lowest BCUT2D eigenvalue weighted by molar-refractivity contribution is 0.184. The standard InChI is InChI=1S/C10H12N2O/c1-13-7-10-4-8(5-11)2-3-9(10)6-12/h2-4H,5,7,11H2,1H3. The molecule has 1 aromatic carbocycles. The summed E-state index contributed by atoms with van der Waals surface area (Å²) in [6, 6.07) is 7.65. The van der Waals surface area contributed by atoms with E-state index >= 15 is 0 Å². The fourth-order valence-electron chi connectivity index (χ4n) is 1.16. The lowest BCUT2D eigenvalue weighted by atomic mass is 10.1. The summed E-state index contributed by atoms with van der Waals surface area (Å²) in [4.78, 5) is 0. The Bertz CT molecular complexity index is 328. The number of nitriles is 1. The molecule has 0 aliphatic heterocycles. The quantitative estimate of drug-likeness (QED) is 0.751. The molecule has 0 unspecified atom stereocenters. The summed E-state index contributed by atoms with van der Waals surface area (Å²) in [5.41, 5.74) is 8.05. The summed E-state index contributed by atoms with van der Waals surface area (Å²) in [6.07, 6.45) is 0. The average Bonchev–Trinajstić information content (AvgIpc) is 2.18. The minimum Gasteiger partial charge on any atom is -0.380 e. The first-order valence-corrected chi connectivity index (χ1v) is 4.02. The predicted molar refractivity (Wildman–Crippen MR) is 49.8 cm³/mol. The van der Waals surface area contributed by atoms with Crippen molar-refractivity contribution in [2.24, 2.45) is 5.73 Å². The molecule has 1 aromatic rings. The molecule has 0 spiro atoms. The van der Waals surface area contributed by atoms with Crippen molar-refractivity contribution in [1.29, 1.82) is 5.26 Å². The van der Waals surface area contributed by atoms with E-state index in [9.17, 15) is 0 Å². The zero-order chi connectivity index (χ0) is 9.68. The van der Waals surface area contributed by atoms with Gasteiger partial charge in [0.2, 0.25) is 0 Å². The Morgan fingerprint density at radius 2 is 2.31 bits per heavy atom. The van der Waals surface area contributed by atoms with E-state index in [1.54, 1.807) is 13.2 Å². The smallest absolute Gasteiger partial charge is 0.0995 e. The van der Waals surface area contributed by atoms with E-state index in [1.807, 2.05) is 12.1 Å². The molecule has 0 aliphatic rings. The number of ether oxygens (including phenoxy) is 1. The van der Waals surface area contributed by atoms with Crippen molar-refractivity contribution < 1.29 is 4.74 Å². The molecule has 0 amide bonds. The third kappa shape index (κ3) is 2.28. The molecule has 0 fully saturated rings. The number of hydrogen-bond donors (Lipinski definition) is 1. The van der Waals surface area contributed by atoms with Gasteiger partial charge in [0.1, 0.15) is 0 Å². The topological polar surface area (TPSA) is 59.0 Å². The van der Waals surface area contributed by atoms with Gasteiger partial charge in [-0.05, 0) is 17.2 Å². The van der Waals surface area contributed by atoms with Crippen LogP contribution >= 0.6 is 0 Å². The Morgan fingerprint density at radius 1 is 1.54 bits per heavy atom. The first kappa shape index (κ1) is 9.72. The Balaban J connectivity index is 3.04. The van der Waals surface area contributed by atoms with E-state index in [4.69, 9.17) is 15.7 Å². The molecular weight excluding hydrogens is 164 g/mol. The maximum Gasteiger partial charge on any atom is 0.0995 e. The molecule has 0 aliphatic carbocycles. The highest BCUT2D eigenvalue weighted by Crippen LogP contribution is 2.11.